The average Bonchev–Trinajstić information content (AvgIpc) is 2.77. The maximum absolute atomic E-state index is 13.3. The van der Waals surface area contributed by atoms with E-state index >= 15 is 0 Å². The molecule has 4 rings (SSSR count). The molecule has 10 heteroatoms. The second kappa shape index (κ2) is 8.78. The summed E-state index contributed by atoms with van der Waals surface area (Å²) in [5.41, 5.74) is 1.61. The standard InChI is InChI=1S/C22H25ClN2O5S2/c1-31(27,28)20-8-9-21-17(15-20)3-2-12-25(21)22(26)16-10-13-24(14-11-16)32(29,30)19-6-4-18(23)5-7-19/h4-9,15-16H,2-3,10-14H2,1H3. The molecule has 2 aliphatic rings. The van der Waals surface area contributed by atoms with Crippen LogP contribution in [0.25, 0.3) is 0 Å². The van der Waals surface area contributed by atoms with Gasteiger partial charge in [0.25, 0.3) is 0 Å². The lowest BCUT2D eigenvalue weighted by molar-refractivity contribution is -0.123. The number of sulfonamides is 1. The molecule has 0 aliphatic carbocycles. The van der Waals surface area contributed by atoms with Gasteiger partial charge in [-0.25, -0.2) is 16.8 Å². The van der Waals surface area contributed by atoms with Crippen LogP contribution in [0.1, 0.15) is 24.8 Å². The van der Waals surface area contributed by atoms with Gasteiger partial charge in [0.1, 0.15) is 0 Å². The molecular weight excluding hydrogens is 472 g/mol. The minimum absolute atomic E-state index is 0.0263. The third-order valence-corrected chi connectivity index (χ3v) is 9.39. The van der Waals surface area contributed by atoms with Crippen LogP contribution in [-0.4, -0.2) is 52.9 Å². The molecule has 0 atom stereocenters. The molecule has 2 heterocycles. The number of fused-ring (bicyclic) bond motifs is 1. The molecule has 2 aromatic carbocycles. The molecule has 0 unspecified atom stereocenters. The van der Waals surface area contributed by atoms with Crippen molar-refractivity contribution >= 4 is 43.1 Å². The van der Waals surface area contributed by atoms with E-state index in [4.69, 9.17) is 11.6 Å². The number of anilines is 1. The zero-order valence-electron chi connectivity index (χ0n) is 17.7. The lowest BCUT2D eigenvalue weighted by Crippen LogP contribution is -2.45. The SMILES string of the molecule is CS(=O)(=O)c1ccc2c(c1)CCCN2C(=O)C1CCN(S(=O)(=O)c2ccc(Cl)cc2)CC1. The number of nitrogens with zero attached hydrogens (tertiary/aromatic N) is 2. The van der Waals surface area contributed by atoms with Gasteiger partial charge in [0.05, 0.1) is 9.79 Å². The zero-order valence-corrected chi connectivity index (χ0v) is 20.1. The van der Waals surface area contributed by atoms with Crippen molar-refractivity contribution in [3.05, 3.63) is 53.1 Å². The Balaban J connectivity index is 1.47. The Bertz CT molecular complexity index is 1240. The number of sulfone groups is 1. The monoisotopic (exact) mass is 496 g/mol. The molecule has 32 heavy (non-hydrogen) atoms. The Kier molecular flexibility index (Phi) is 6.37. The van der Waals surface area contributed by atoms with E-state index in [0.29, 0.717) is 24.4 Å². The number of aryl methyl sites for hydroxylation is 1. The highest BCUT2D eigenvalue weighted by atomic mass is 35.5. The third-order valence-electron chi connectivity index (χ3n) is 6.12. The number of halogens is 1. The van der Waals surface area contributed by atoms with Crippen LogP contribution >= 0.6 is 11.6 Å². The lowest BCUT2D eigenvalue weighted by atomic mass is 9.94. The van der Waals surface area contributed by atoms with E-state index in [2.05, 4.69) is 0 Å². The summed E-state index contributed by atoms with van der Waals surface area (Å²) < 4.78 is 50.9. The predicted octanol–water partition coefficient (Wildman–Crippen LogP) is 3.12. The van der Waals surface area contributed by atoms with Crippen LogP contribution in [0, 0.1) is 5.92 Å². The number of amides is 1. The number of rotatable bonds is 4. The normalized spacial score (nSPS) is 18.4. The zero-order chi connectivity index (χ0) is 23.1. The molecule has 2 aliphatic heterocycles. The van der Waals surface area contributed by atoms with Crippen LogP contribution in [0.4, 0.5) is 5.69 Å². The number of benzene rings is 2. The summed E-state index contributed by atoms with van der Waals surface area (Å²) in [6, 6.07) is 11.0. The molecule has 0 radical (unpaired) electrons. The van der Waals surface area contributed by atoms with Crippen molar-refractivity contribution < 1.29 is 21.6 Å². The van der Waals surface area contributed by atoms with Crippen molar-refractivity contribution in [2.75, 3.05) is 30.8 Å². The van der Waals surface area contributed by atoms with Gasteiger partial charge in [0, 0.05) is 42.5 Å². The molecule has 2 aromatic rings. The predicted molar refractivity (Wildman–Crippen MR) is 123 cm³/mol. The Morgan fingerprint density at radius 1 is 0.938 bits per heavy atom. The maximum Gasteiger partial charge on any atom is 0.243 e. The Morgan fingerprint density at radius 2 is 1.56 bits per heavy atom. The number of piperidine rings is 1. The molecule has 0 N–H and O–H groups in total. The lowest BCUT2D eigenvalue weighted by Gasteiger charge is -2.36. The third kappa shape index (κ3) is 4.57. The van der Waals surface area contributed by atoms with Crippen molar-refractivity contribution in [2.24, 2.45) is 5.92 Å². The van der Waals surface area contributed by atoms with Gasteiger partial charge in [0.15, 0.2) is 9.84 Å². The quantitative estimate of drug-likeness (QED) is 0.648. The van der Waals surface area contributed by atoms with E-state index < -0.39 is 19.9 Å². The van der Waals surface area contributed by atoms with Crippen molar-refractivity contribution in [3.63, 3.8) is 0 Å². The fourth-order valence-electron chi connectivity index (χ4n) is 4.35. The second-order valence-corrected chi connectivity index (χ2v) is 12.7. The maximum atomic E-state index is 13.3. The summed E-state index contributed by atoms with van der Waals surface area (Å²) in [5, 5.41) is 0.471. The fourth-order valence-corrected chi connectivity index (χ4v) is 6.62. The van der Waals surface area contributed by atoms with E-state index in [0.717, 1.165) is 24.1 Å². The van der Waals surface area contributed by atoms with Crippen molar-refractivity contribution in [2.45, 2.75) is 35.5 Å². The van der Waals surface area contributed by atoms with E-state index in [1.807, 2.05) is 0 Å². The minimum Gasteiger partial charge on any atom is -0.312 e. The first kappa shape index (κ1) is 23.2. The smallest absolute Gasteiger partial charge is 0.243 e. The van der Waals surface area contributed by atoms with Crippen molar-refractivity contribution in [3.8, 4) is 0 Å². The Morgan fingerprint density at radius 3 is 2.19 bits per heavy atom. The second-order valence-electron chi connectivity index (χ2n) is 8.29. The summed E-state index contributed by atoms with van der Waals surface area (Å²) in [5.74, 6) is -0.297. The van der Waals surface area contributed by atoms with Gasteiger partial charge in [-0.1, -0.05) is 11.6 Å². The Hall–Kier alpha value is -1.94. The molecule has 0 saturated carbocycles. The van der Waals surface area contributed by atoms with Gasteiger partial charge in [-0.05, 0) is 73.7 Å². The van der Waals surface area contributed by atoms with Gasteiger partial charge < -0.3 is 4.90 Å². The van der Waals surface area contributed by atoms with Crippen LogP contribution in [0.3, 0.4) is 0 Å². The molecule has 0 bridgehead atoms. The summed E-state index contributed by atoms with van der Waals surface area (Å²) in [6.07, 6.45) is 3.54. The number of carbonyl (C=O) groups excluding carboxylic acids is 1. The molecular formula is C22H25ClN2O5S2. The van der Waals surface area contributed by atoms with E-state index in [1.165, 1.54) is 22.7 Å². The molecule has 0 aromatic heterocycles. The molecule has 172 valence electrons. The first-order chi connectivity index (χ1) is 15.1. The van der Waals surface area contributed by atoms with E-state index in [-0.39, 0.29) is 34.7 Å². The summed E-state index contributed by atoms with van der Waals surface area (Å²) >= 11 is 5.86. The van der Waals surface area contributed by atoms with Crippen LogP contribution in [-0.2, 0) is 31.1 Å². The van der Waals surface area contributed by atoms with Gasteiger partial charge in [0.2, 0.25) is 15.9 Å². The molecule has 1 fully saturated rings. The van der Waals surface area contributed by atoms with Crippen LogP contribution in [0.15, 0.2) is 52.3 Å². The highest BCUT2D eigenvalue weighted by molar-refractivity contribution is 7.90. The highest BCUT2D eigenvalue weighted by Crippen LogP contribution is 2.33. The minimum atomic E-state index is -3.63. The number of carbonyl (C=O) groups is 1. The van der Waals surface area contributed by atoms with Crippen molar-refractivity contribution in [1.29, 1.82) is 0 Å². The summed E-state index contributed by atoms with van der Waals surface area (Å²) in [7, 11) is -6.94. The highest BCUT2D eigenvalue weighted by Gasteiger charge is 2.35. The first-order valence-corrected chi connectivity index (χ1v) is 14.2. The largest absolute Gasteiger partial charge is 0.312 e. The number of hydrogen-bond acceptors (Lipinski definition) is 5. The summed E-state index contributed by atoms with van der Waals surface area (Å²) in [6.45, 7) is 1.12. The van der Waals surface area contributed by atoms with E-state index in [1.54, 1.807) is 35.2 Å². The van der Waals surface area contributed by atoms with Gasteiger partial charge in [-0.15, -0.1) is 0 Å². The van der Waals surface area contributed by atoms with E-state index in [9.17, 15) is 21.6 Å². The van der Waals surface area contributed by atoms with Gasteiger partial charge in [-0.2, -0.15) is 4.31 Å². The molecule has 1 amide bonds. The van der Waals surface area contributed by atoms with Crippen LogP contribution < -0.4 is 4.90 Å². The Labute approximate surface area is 193 Å². The topological polar surface area (TPSA) is 91.8 Å². The summed E-state index contributed by atoms with van der Waals surface area (Å²) in [4.78, 5) is 15.5. The fraction of sp³-hybridized carbons (Fsp3) is 0.409. The molecule has 1 saturated heterocycles. The number of hydrogen-bond donors (Lipinski definition) is 0. The first-order valence-electron chi connectivity index (χ1n) is 10.5. The van der Waals surface area contributed by atoms with Gasteiger partial charge >= 0.3 is 0 Å². The van der Waals surface area contributed by atoms with Crippen LogP contribution in [0.2, 0.25) is 5.02 Å². The van der Waals surface area contributed by atoms with Crippen molar-refractivity contribution in [1.82, 2.24) is 4.31 Å². The van der Waals surface area contributed by atoms with Gasteiger partial charge in [-0.3, -0.25) is 4.79 Å². The van der Waals surface area contributed by atoms with Crippen LogP contribution in [0.5, 0.6) is 0 Å². The average molecular weight is 497 g/mol. The molecule has 0 spiro atoms. The molecule has 7 nitrogen and oxygen atoms in total.